The fraction of sp³-hybridized carbons (Fsp3) is 0.500. The SMILES string of the molecule is NC(=S)Nc1nc2c(s1)CCCC2. The van der Waals surface area contributed by atoms with E-state index in [1.165, 1.54) is 23.4 Å². The maximum atomic E-state index is 5.37. The minimum absolute atomic E-state index is 0.297. The molecule has 5 heteroatoms. The smallest absolute Gasteiger partial charge is 0.189 e. The number of nitrogens with zero attached hydrogens (tertiary/aromatic N) is 1. The van der Waals surface area contributed by atoms with Crippen LogP contribution in [0.4, 0.5) is 5.13 Å². The second kappa shape index (κ2) is 3.59. The van der Waals surface area contributed by atoms with Gasteiger partial charge < -0.3 is 11.1 Å². The van der Waals surface area contributed by atoms with Crippen LogP contribution in [0.15, 0.2) is 0 Å². The van der Waals surface area contributed by atoms with Gasteiger partial charge in [-0.1, -0.05) is 0 Å². The van der Waals surface area contributed by atoms with E-state index in [9.17, 15) is 0 Å². The average Bonchev–Trinajstić information content (AvgIpc) is 2.44. The van der Waals surface area contributed by atoms with Gasteiger partial charge in [0.15, 0.2) is 10.2 Å². The van der Waals surface area contributed by atoms with E-state index in [1.807, 2.05) is 0 Å². The van der Waals surface area contributed by atoms with Crippen LogP contribution in [-0.2, 0) is 12.8 Å². The molecule has 0 atom stereocenters. The first-order chi connectivity index (χ1) is 6.25. The maximum absolute atomic E-state index is 5.37. The van der Waals surface area contributed by atoms with Crippen LogP contribution in [0, 0.1) is 0 Å². The first kappa shape index (κ1) is 8.90. The molecule has 70 valence electrons. The molecule has 1 aliphatic rings. The van der Waals surface area contributed by atoms with E-state index in [1.54, 1.807) is 11.3 Å². The van der Waals surface area contributed by atoms with Crippen molar-refractivity contribution in [2.24, 2.45) is 5.73 Å². The van der Waals surface area contributed by atoms with Crippen molar-refractivity contribution < 1.29 is 0 Å². The molecule has 0 spiro atoms. The number of thiocarbonyl (C=S) groups is 1. The number of nitrogens with two attached hydrogens (primary N) is 1. The fourth-order valence-electron chi connectivity index (χ4n) is 1.51. The highest BCUT2D eigenvalue weighted by Gasteiger charge is 2.14. The van der Waals surface area contributed by atoms with Crippen molar-refractivity contribution in [1.29, 1.82) is 0 Å². The molecule has 2 rings (SSSR count). The van der Waals surface area contributed by atoms with Crippen LogP contribution >= 0.6 is 23.6 Å². The summed E-state index contributed by atoms with van der Waals surface area (Å²) in [6.45, 7) is 0. The van der Waals surface area contributed by atoms with E-state index >= 15 is 0 Å². The molecule has 0 radical (unpaired) electrons. The number of fused-ring (bicyclic) bond motifs is 1. The Labute approximate surface area is 86.4 Å². The minimum atomic E-state index is 0.297. The van der Waals surface area contributed by atoms with Crippen molar-refractivity contribution in [3.63, 3.8) is 0 Å². The molecule has 0 unspecified atom stereocenters. The van der Waals surface area contributed by atoms with Gasteiger partial charge in [-0.3, -0.25) is 0 Å². The zero-order valence-electron chi connectivity index (χ0n) is 7.17. The zero-order chi connectivity index (χ0) is 9.26. The largest absolute Gasteiger partial charge is 0.376 e. The predicted molar refractivity (Wildman–Crippen MR) is 59.2 cm³/mol. The van der Waals surface area contributed by atoms with Gasteiger partial charge in [0, 0.05) is 4.88 Å². The van der Waals surface area contributed by atoms with Crippen LogP contribution in [0.25, 0.3) is 0 Å². The van der Waals surface area contributed by atoms with Crippen molar-refractivity contribution in [3.8, 4) is 0 Å². The number of hydrogen-bond acceptors (Lipinski definition) is 3. The lowest BCUT2D eigenvalue weighted by molar-refractivity contribution is 0.683. The van der Waals surface area contributed by atoms with E-state index in [0.717, 1.165) is 18.0 Å². The third-order valence-electron chi connectivity index (χ3n) is 2.08. The molecule has 1 heterocycles. The summed E-state index contributed by atoms with van der Waals surface area (Å²) in [5, 5.41) is 4.02. The number of hydrogen-bond donors (Lipinski definition) is 2. The second-order valence-electron chi connectivity index (χ2n) is 3.09. The summed E-state index contributed by atoms with van der Waals surface area (Å²) in [6.07, 6.45) is 4.79. The summed E-state index contributed by atoms with van der Waals surface area (Å²) < 4.78 is 0. The normalized spacial score (nSPS) is 15.1. The number of thiazole rings is 1. The zero-order valence-corrected chi connectivity index (χ0v) is 8.80. The van der Waals surface area contributed by atoms with Gasteiger partial charge in [-0.05, 0) is 37.9 Å². The van der Waals surface area contributed by atoms with Crippen molar-refractivity contribution in [1.82, 2.24) is 4.98 Å². The van der Waals surface area contributed by atoms with Crippen molar-refractivity contribution in [2.75, 3.05) is 5.32 Å². The Bertz CT molecular complexity index is 309. The molecule has 0 saturated heterocycles. The van der Waals surface area contributed by atoms with Crippen LogP contribution < -0.4 is 11.1 Å². The molecule has 1 aromatic heterocycles. The number of nitrogens with one attached hydrogen (secondary N) is 1. The lowest BCUT2D eigenvalue weighted by Crippen LogP contribution is -2.18. The monoisotopic (exact) mass is 213 g/mol. The minimum Gasteiger partial charge on any atom is -0.376 e. The third-order valence-corrected chi connectivity index (χ3v) is 3.25. The Hall–Kier alpha value is -0.680. The van der Waals surface area contributed by atoms with Gasteiger partial charge >= 0.3 is 0 Å². The molecule has 0 fully saturated rings. The third kappa shape index (κ3) is 1.97. The van der Waals surface area contributed by atoms with Gasteiger partial charge in [0.05, 0.1) is 5.69 Å². The Morgan fingerprint density at radius 1 is 1.46 bits per heavy atom. The lowest BCUT2D eigenvalue weighted by Gasteiger charge is -2.06. The van der Waals surface area contributed by atoms with Gasteiger partial charge in [-0.25, -0.2) is 4.98 Å². The molecule has 0 saturated carbocycles. The molecule has 13 heavy (non-hydrogen) atoms. The highest BCUT2D eigenvalue weighted by molar-refractivity contribution is 7.80. The number of anilines is 1. The molecular weight excluding hydrogens is 202 g/mol. The fourth-order valence-corrected chi connectivity index (χ4v) is 2.73. The Balaban J connectivity index is 2.20. The average molecular weight is 213 g/mol. The van der Waals surface area contributed by atoms with Crippen LogP contribution in [-0.4, -0.2) is 10.1 Å². The predicted octanol–water partition coefficient (Wildman–Crippen LogP) is 1.68. The summed E-state index contributed by atoms with van der Waals surface area (Å²) >= 11 is 6.43. The first-order valence-corrected chi connectivity index (χ1v) is 5.53. The van der Waals surface area contributed by atoms with E-state index in [-0.39, 0.29) is 0 Å². The molecule has 3 nitrogen and oxygen atoms in total. The summed E-state index contributed by atoms with van der Waals surface area (Å²) in [4.78, 5) is 5.82. The highest BCUT2D eigenvalue weighted by Crippen LogP contribution is 2.29. The standard InChI is InChI=1S/C8H11N3S2/c9-7(12)11-8-10-5-3-1-2-4-6(5)13-8/h1-4H2,(H3,9,10,11,12). The topological polar surface area (TPSA) is 50.9 Å². The van der Waals surface area contributed by atoms with Gasteiger partial charge in [-0.2, -0.15) is 0 Å². The number of rotatable bonds is 1. The molecule has 0 bridgehead atoms. The van der Waals surface area contributed by atoms with Gasteiger partial charge in [-0.15, -0.1) is 11.3 Å². The van der Waals surface area contributed by atoms with Crippen molar-refractivity contribution in [2.45, 2.75) is 25.7 Å². The van der Waals surface area contributed by atoms with Gasteiger partial charge in [0.25, 0.3) is 0 Å². The van der Waals surface area contributed by atoms with Crippen molar-refractivity contribution >= 4 is 33.8 Å². The summed E-state index contributed by atoms with van der Waals surface area (Å²) in [5.41, 5.74) is 6.60. The second-order valence-corrected chi connectivity index (χ2v) is 4.61. The van der Waals surface area contributed by atoms with Crippen LogP contribution in [0.2, 0.25) is 0 Å². The summed E-state index contributed by atoms with van der Waals surface area (Å²) in [5.74, 6) is 0. The Morgan fingerprint density at radius 2 is 2.23 bits per heavy atom. The summed E-state index contributed by atoms with van der Waals surface area (Å²) in [6, 6.07) is 0. The van der Waals surface area contributed by atoms with E-state index in [0.29, 0.717) is 5.11 Å². The molecular formula is C8H11N3S2. The van der Waals surface area contributed by atoms with Crippen molar-refractivity contribution in [3.05, 3.63) is 10.6 Å². The van der Waals surface area contributed by atoms with Gasteiger partial charge in [0.2, 0.25) is 0 Å². The van der Waals surface area contributed by atoms with Crippen LogP contribution in [0.3, 0.4) is 0 Å². The number of aryl methyl sites for hydroxylation is 2. The maximum Gasteiger partial charge on any atom is 0.189 e. The van der Waals surface area contributed by atoms with E-state index in [2.05, 4.69) is 10.3 Å². The van der Waals surface area contributed by atoms with Gasteiger partial charge in [0.1, 0.15) is 0 Å². The molecule has 0 aromatic carbocycles. The summed E-state index contributed by atoms with van der Waals surface area (Å²) in [7, 11) is 0. The highest BCUT2D eigenvalue weighted by atomic mass is 32.1. The Kier molecular flexibility index (Phi) is 2.46. The molecule has 1 aromatic rings. The first-order valence-electron chi connectivity index (χ1n) is 4.31. The van der Waals surface area contributed by atoms with E-state index in [4.69, 9.17) is 18.0 Å². The molecule has 3 N–H and O–H groups in total. The number of aromatic nitrogens is 1. The molecule has 1 aliphatic carbocycles. The molecule has 0 aliphatic heterocycles. The van der Waals surface area contributed by atoms with E-state index < -0.39 is 0 Å². The van der Waals surface area contributed by atoms with Crippen LogP contribution in [0.5, 0.6) is 0 Å². The lowest BCUT2D eigenvalue weighted by atomic mass is 10.0. The molecule has 0 amide bonds. The van der Waals surface area contributed by atoms with Crippen LogP contribution in [0.1, 0.15) is 23.4 Å². The Morgan fingerprint density at radius 3 is 2.92 bits per heavy atom. The quantitative estimate of drug-likeness (QED) is 0.697.